The molecule has 36 heavy (non-hydrogen) atoms. The highest BCUT2D eigenvalue weighted by Gasteiger charge is 2.34. The molecular formula is C27H30Cl2N2O4S. The van der Waals surface area contributed by atoms with Crippen molar-refractivity contribution in [2.75, 3.05) is 32.5 Å². The Balaban J connectivity index is 1.33. The molecule has 9 heteroatoms. The molecule has 0 amide bonds. The number of aromatic nitrogens is 1. The van der Waals surface area contributed by atoms with Crippen molar-refractivity contribution in [1.29, 1.82) is 0 Å². The lowest BCUT2D eigenvalue weighted by Crippen LogP contribution is -2.44. The van der Waals surface area contributed by atoms with Crippen molar-refractivity contribution in [2.45, 2.75) is 30.3 Å². The number of thioether (sulfide) groups is 1. The minimum atomic E-state index is -0.774. The number of hydrogen-bond donors (Lipinski definition) is 2. The fraction of sp³-hybridized carbons (Fsp3) is 0.407. The van der Waals surface area contributed by atoms with Gasteiger partial charge in [-0.1, -0.05) is 29.3 Å². The average Bonchev–Trinajstić information content (AvgIpc) is 2.89. The van der Waals surface area contributed by atoms with Gasteiger partial charge in [0.15, 0.2) is 0 Å². The standard InChI is InChI=1S/C27H30Cl2N2O4S/c1-35-18-6-7-23-20(15-18)19(9-11-30-23)24(32)8-5-17-10-12-31(16-21(17)27(33)34)13-14-36-25-4-2-3-22(28)26(25)29/h2-4,6-7,9,11,15,17,21,24,32H,5,8,10,12-14,16H2,1H3,(H,33,34)/t17-,21+,24+/m1/s1. The zero-order chi connectivity index (χ0) is 25.7. The van der Waals surface area contributed by atoms with E-state index >= 15 is 0 Å². The number of carboxylic acid groups (broad SMARTS) is 1. The van der Waals surface area contributed by atoms with Crippen LogP contribution in [0.4, 0.5) is 0 Å². The van der Waals surface area contributed by atoms with Crippen molar-refractivity contribution in [3.8, 4) is 5.75 Å². The van der Waals surface area contributed by atoms with Crippen LogP contribution in [0.15, 0.2) is 53.6 Å². The van der Waals surface area contributed by atoms with Crippen LogP contribution in [-0.4, -0.2) is 58.6 Å². The van der Waals surface area contributed by atoms with E-state index in [1.807, 2.05) is 36.4 Å². The Hall–Kier alpha value is -2.03. The number of methoxy groups -OCH3 is 1. The van der Waals surface area contributed by atoms with E-state index in [4.69, 9.17) is 27.9 Å². The van der Waals surface area contributed by atoms with Crippen LogP contribution in [0.5, 0.6) is 5.75 Å². The van der Waals surface area contributed by atoms with Gasteiger partial charge in [0, 0.05) is 35.3 Å². The van der Waals surface area contributed by atoms with Gasteiger partial charge in [-0.2, -0.15) is 0 Å². The molecule has 6 nitrogen and oxygen atoms in total. The molecule has 4 rings (SSSR count). The Labute approximate surface area is 225 Å². The van der Waals surface area contributed by atoms with E-state index in [0.29, 0.717) is 35.2 Å². The summed E-state index contributed by atoms with van der Waals surface area (Å²) in [5, 5.41) is 22.9. The third-order valence-corrected chi connectivity index (χ3v) is 8.86. The maximum Gasteiger partial charge on any atom is 0.308 e. The number of pyridine rings is 1. The highest BCUT2D eigenvalue weighted by Crippen LogP contribution is 2.35. The lowest BCUT2D eigenvalue weighted by molar-refractivity contribution is -0.146. The van der Waals surface area contributed by atoms with Crippen molar-refractivity contribution in [3.05, 3.63) is 64.3 Å². The van der Waals surface area contributed by atoms with Crippen molar-refractivity contribution in [2.24, 2.45) is 11.8 Å². The summed E-state index contributed by atoms with van der Waals surface area (Å²) in [4.78, 5) is 19.6. The second-order valence-electron chi connectivity index (χ2n) is 9.07. The van der Waals surface area contributed by atoms with Crippen LogP contribution in [0.3, 0.4) is 0 Å². The summed E-state index contributed by atoms with van der Waals surface area (Å²) >= 11 is 14.0. The molecule has 0 aliphatic carbocycles. The SMILES string of the molecule is COc1ccc2nccc([C@@H](O)CC[C@@H]3CCN(CCSc4cccc(Cl)c4Cl)C[C@@H]3C(=O)O)c2c1. The van der Waals surface area contributed by atoms with E-state index in [0.717, 1.165) is 46.6 Å². The highest BCUT2D eigenvalue weighted by molar-refractivity contribution is 7.99. The third kappa shape index (κ3) is 6.45. The number of nitrogens with zero attached hydrogens (tertiary/aromatic N) is 2. The molecule has 2 N–H and O–H groups in total. The van der Waals surface area contributed by atoms with Gasteiger partial charge in [-0.15, -0.1) is 11.8 Å². The van der Waals surface area contributed by atoms with Crippen LogP contribution in [0, 0.1) is 11.8 Å². The molecule has 0 spiro atoms. The number of halogens is 2. The topological polar surface area (TPSA) is 82.9 Å². The van der Waals surface area contributed by atoms with Crippen LogP contribution in [-0.2, 0) is 4.79 Å². The molecule has 1 aliphatic heterocycles. The molecule has 2 heterocycles. The minimum absolute atomic E-state index is 0.0195. The van der Waals surface area contributed by atoms with E-state index in [1.54, 1.807) is 31.1 Å². The van der Waals surface area contributed by atoms with E-state index < -0.39 is 18.0 Å². The average molecular weight is 550 g/mol. The van der Waals surface area contributed by atoms with Crippen LogP contribution in [0.1, 0.15) is 30.9 Å². The smallest absolute Gasteiger partial charge is 0.308 e. The van der Waals surface area contributed by atoms with Gasteiger partial charge in [-0.25, -0.2) is 0 Å². The summed E-state index contributed by atoms with van der Waals surface area (Å²) in [6.07, 6.45) is 2.92. The first-order valence-electron chi connectivity index (χ1n) is 12.0. The number of hydrogen-bond acceptors (Lipinski definition) is 6. The lowest BCUT2D eigenvalue weighted by Gasteiger charge is -2.37. The Kier molecular flexibility index (Phi) is 9.36. The fourth-order valence-electron chi connectivity index (χ4n) is 4.87. The first-order chi connectivity index (χ1) is 17.4. The summed E-state index contributed by atoms with van der Waals surface area (Å²) in [5.41, 5.74) is 1.58. The molecule has 0 unspecified atom stereocenters. The van der Waals surface area contributed by atoms with Crippen LogP contribution in [0.25, 0.3) is 10.9 Å². The monoisotopic (exact) mass is 548 g/mol. The lowest BCUT2D eigenvalue weighted by atomic mass is 9.81. The van der Waals surface area contributed by atoms with E-state index in [-0.39, 0.29) is 5.92 Å². The first-order valence-corrected chi connectivity index (χ1v) is 13.7. The number of benzene rings is 2. The van der Waals surface area contributed by atoms with Gasteiger partial charge < -0.3 is 19.8 Å². The van der Waals surface area contributed by atoms with Crippen molar-refractivity contribution < 1.29 is 19.7 Å². The number of aliphatic carboxylic acids is 1. The van der Waals surface area contributed by atoms with Gasteiger partial charge in [-0.05, 0) is 73.7 Å². The van der Waals surface area contributed by atoms with E-state index in [1.165, 1.54) is 0 Å². The molecule has 1 aromatic heterocycles. The zero-order valence-corrected chi connectivity index (χ0v) is 22.4. The van der Waals surface area contributed by atoms with Gasteiger partial charge in [0.2, 0.25) is 0 Å². The van der Waals surface area contributed by atoms with Gasteiger partial charge >= 0.3 is 5.97 Å². The van der Waals surface area contributed by atoms with Crippen molar-refractivity contribution >= 4 is 51.8 Å². The maximum atomic E-state index is 12.1. The number of aliphatic hydroxyl groups excluding tert-OH is 1. The van der Waals surface area contributed by atoms with E-state index in [2.05, 4.69) is 9.88 Å². The van der Waals surface area contributed by atoms with Gasteiger partial charge in [0.1, 0.15) is 5.75 Å². The van der Waals surface area contributed by atoms with Crippen LogP contribution >= 0.6 is 35.0 Å². The molecule has 2 aromatic carbocycles. The van der Waals surface area contributed by atoms with Gasteiger partial charge in [0.25, 0.3) is 0 Å². The normalized spacial score (nSPS) is 19.3. The second kappa shape index (κ2) is 12.5. The van der Waals surface area contributed by atoms with Gasteiger partial charge in [0.05, 0.1) is 34.7 Å². The first kappa shape index (κ1) is 27.0. The largest absolute Gasteiger partial charge is 0.497 e. The molecule has 192 valence electrons. The van der Waals surface area contributed by atoms with Crippen LogP contribution in [0.2, 0.25) is 10.0 Å². The number of ether oxygens (including phenoxy) is 1. The molecular weight excluding hydrogens is 519 g/mol. The molecule has 0 radical (unpaired) electrons. The number of likely N-dealkylation sites (tertiary alicyclic amines) is 1. The zero-order valence-electron chi connectivity index (χ0n) is 20.1. The molecule has 1 aliphatic rings. The molecule has 3 aromatic rings. The predicted molar refractivity (Wildman–Crippen MR) is 145 cm³/mol. The second-order valence-corrected chi connectivity index (χ2v) is 11.0. The quantitative estimate of drug-likeness (QED) is 0.292. The number of carboxylic acids is 1. The number of rotatable bonds is 10. The molecule has 1 fully saturated rings. The highest BCUT2D eigenvalue weighted by atomic mass is 35.5. The summed E-state index contributed by atoms with van der Waals surface area (Å²) in [7, 11) is 1.61. The number of piperidine rings is 1. The Morgan fingerprint density at radius 3 is 2.89 bits per heavy atom. The summed E-state index contributed by atoms with van der Waals surface area (Å²) < 4.78 is 5.33. The van der Waals surface area contributed by atoms with E-state index in [9.17, 15) is 15.0 Å². The van der Waals surface area contributed by atoms with Crippen molar-refractivity contribution in [1.82, 2.24) is 9.88 Å². The number of fused-ring (bicyclic) bond motifs is 1. The predicted octanol–water partition coefficient (Wildman–Crippen LogP) is 6.18. The minimum Gasteiger partial charge on any atom is -0.497 e. The molecule has 0 bridgehead atoms. The Morgan fingerprint density at radius 2 is 2.11 bits per heavy atom. The molecule has 0 saturated carbocycles. The number of carbonyl (C=O) groups is 1. The molecule has 3 atom stereocenters. The Morgan fingerprint density at radius 1 is 1.28 bits per heavy atom. The Bertz CT molecular complexity index is 1210. The third-order valence-electron chi connectivity index (χ3n) is 6.89. The molecule has 1 saturated heterocycles. The summed E-state index contributed by atoms with van der Waals surface area (Å²) in [6, 6.07) is 13.0. The number of aliphatic hydroxyl groups is 1. The van der Waals surface area contributed by atoms with Gasteiger partial charge in [-0.3, -0.25) is 9.78 Å². The summed E-state index contributed by atoms with van der Waals surface area (Å²) in [6.45, 7) is 2.12. The van der Waals surface area contributed by atoms with Crippen LogP contribution < -0.4 is 4.74 Å². The summed E-state index contributed by atoms with van der Waals surface area (Å²) in [5.74, 6) is 0.293. The van der Waals surface area contributed by atoms with Crippen molar-refractivity contribution in [3.63, 3.8) is 0 Å². The maximum absolute atomic E-state index is 12.1. The fourth-order valence-corrected chi connectivity index (χ4v) is 6.37.